The first-order valence-corrected chi connectivity index (χ1v) is 11.7. The highest BCUT2D eigenvalue weighted by Gasteiger charge is 2.37. The van der Waals surface area contributed by atoms with Gasteiger partial charge in [0.15, 0.2) is 0 Å². The first kappa shape index (κ1) is 22.0. The number of nitrogens with one attached hydrogen (secondary N) is 1. The Morgan fingerprint density at radius 3 is 2.21 bits per heavy atom. The fourth-order valence-electron chi connectivity index (χ4n) is 4.49. The number of hydrogen-bond donors (Lipinski definition) is 2. The summed E-state index contributed by atoms with van der Waals surface area (Å²) in [5, 5.41) is 17.8. The molecule has 0 unspecified atom stereocenters. The Bertz CT molecular complexity index is 775. The largest absolute Gasteiger partial charge is 0.477 e. The van der Waals surface area contributed by atoms with Gasteiger partial charge in [-0.15, -0.1) is 11.3 Å². The Kier molecular flexibility index (Phi) is 6.51. The molecule has 5 nitrogen and oxygen atoms in total. The molecule has 1 aromatic rings. The molecule has 1 heterocycles. The number of carboxylic acid groups (broad SMARTS) is 1. The molecule has 2 fully saturated rings. The summed E-state index contributed by atoms with van der Waals surface area (Å²) in [4.78, 5) is 28.9. The van der Waals surface area contributed by atoms with Crippen LogP contribution in [0.2, 0.25) is 0 Å². The third kappa shape index (κ3) is 4.90. The zero-order valence-electron chi connectivity index (χ0n) is 18.1. The highest BCUT2D eigenvalue weighted by Crippen LogP contribution is 2.41. The van der Waals surface area contributed by atoms with E-state index in [-0.39, 0.29) is 28.2 Å². The molecule has 160 valence electrons. The van der Waals surface area contributed by atoms with Gasteiger partial charge in [-0.3, -0.25) is 4.79 Å². The molecule has 0 aromatic carbocycles. The van der Waals surface area contributed by atoms with Crippen LogP contribution in [0.25, 0.3) is 0 Å². The van der Waals surface area contributed by atoms with E-state index in [2.05, 4.69) is 27.7 Å². The molecule has 0 aliphatic heterocycles. The summed E-state index contributed by atoms with van der Waals surface area (Å²) in [5.74, 6) is -0.228. The maximum atomic E-state index is 13.7. The minimum atomic E-state index is -0.959. The van der Waals surface area contributed by atoms with Crippen molar-refractivity contribution in [3.63, 3.8) is 0 Å². The van der Waals surface area contributed by atoms with Crippen LogP contribution in [0.1, 0.15) is 93.6 Å². The lowest BCUT2D eigenvalue weighted by molar-refractivity contribution is -0.124. The smallest absolute Gasteiger partial charge is 0.348 e. The number of carboxylic acids is 1. The zero-order chi connectivity index (χ0) is 21.3. The minimum Gasteiger partial charge on any atom is -0.477 e. The van der Waals surface area contributed by atoms with Crippen molar-refractivity contribution in [3.8, 4) is 0 Å². The van der Waals surface area contributed by atoms with Gasteiger partial charge in [0.1, 0.15) is 4.88 Å². The van der Waals surface area contributed by atoms with Gasteiger partial charge in [0.05, 0.1) is 5.69 Å². The molecule has 0 saturated heterocycles. The Hall–Kier alpha value is -1.69. The van der Waals surface area contributed by atoms with Crippen LogP contribution in [-0.4, -0.2) is 28.7 Å². The molecule has 6 heteroatoms. The maximum absolute atomic E-state index is 13.7. The summed E-state index contributed by atoms with van der Waals surface area (Å²) in [5.41, 5.74) is 1.14. The van der Waals surface area contributed by atoms with Crippen molar-refractivity contribution in [2.24, 2.45) is 11.8 Å². The van der Waals surface area contributed by atoms with E-state index in [4.69, 9.17) is 5.41 Å². The van der Waals surface area contributed by atoms with Crippen molar-refractivity contribution in [2.75, 3.05) is 4.90 Å². The van der Waals surface area contributed by atoms with Crippen LogP contribution in [0, 0.1) is 17.2 Å². The number of carbonyl (C=O) groups excluding carboxylic acids is 1. The van der Waals surface area contributed by atoms with E-state index in [1.54, 1.807) is 0 Å². The second-order valence-electron chi connectivity index (χ2n) is 9.88. The number of nitrogens with zero attached hydrogens (tertiary/aromatic N) is 1. The van der Waals surface area contributed by atoms with Crippen molar-refractivity contribution in [2.45, 2.75) is 90.5 Å². The van der Waals surface area contributed by atoms with Gasteiger partial charge in [0.25, 0.3) is 0 Å². The average molecular weight is 419 g/mol. The van der Waals surface area contributed by atoms with Gasteiger partial charge in [-0.1, -0.05) is 27.7 Å². The Morgan fingerprint density at radius 1 is 1.10 bits per heavy atom. The van der Waals surface area contributed by atoms with Gasteiger partial charge in [0.2, 0.25) is 5.91 Å². The second-order valence-corrected chi connectivity index (χ2v) is 10.9. The normalized spacial score (nSPS) is 25.7. The highest BCUT2D eigenvalue weighted by molar-refractivity contribution is 7.14. The molecular weight excluding hydrogens is 384 g/mol. The van der Waals surface area contributed by atoms with Gasteiger partial charge in [0, 0.05) is 22.5 Å². The van der Waals surface area contributed by atoms with Crippen LogP contribution in [0.3, 0.4) is 0 Å². The topological polar surface area (TPSA) is 81.5 Å². The number of rotatable bonds is 4. The molecule has 2 aliphatic rings. The Balaban J connectivity index is 2.01. The fourth-order valence-corrected chi connectivity index (χ4v) is 5.54. The molecule has 2 aliphatic carbocycles. The third-order valence-corrected chi connectivity index (χ3v) is 7.97. The molecule has 29 heavy (non-hydrogen) atoms. The first-order chi connectivity index (χ1) is 13.6. The number of aromatic carboxylic acids is 1. The molecule has 0 atom stereocenters. The quantitative estimate of drug-likeness (QED) is 0.642. The fraction of sp³-hybridized carbons (Fsp3) is 0.696. The lowest BCUT2D eigenvalue weighted by Gasteiger charge is -2.38. The van der Waals surface area contributed by atoms with Crippen molar-refractivity contribution in [3.05, 3.63) is 15.8 Å². The lowest BCUT2D eigenvalue weighted by atomic mass is 9.81. The maximum Gasteiger partial charge on any atom is 0.348 e. The molecule has 1 amide bonds. The minimum absolute atomic E-state index is 0.0172. The average Bonchev–Trinajstić information content (AvgIpc) is 3.10. The van der Waals surface area contributed by atoms with Crippen LogP contribution < -0.4 is 4.90 Å². The molecule has 0 radical (unpaired) electrons. The predicted molar refractivity (Wildman–Crippen MR) is 119 cm³/mol. The number of thiophene rings is 1. The van der Waals surface area contributed by atoms with Gasteiger partial charge in [-0.05, 0) is 68.8 Å². The zero-order valence-corrected chi connectivity index (χ0v) is 18.9. The molecule has 0 bridgehead atoms. The van der Waals surface area contributed by atoms with E-state index in [0.29, 0.717) is 24.4 Å². The van der Waals surface area contributed by atoms with Gasteiger partial charge >= 0.3 is 5.97 Å². The van der Waals surface area contributed by atoms with Crippen LogP contribution >= 0.6 is 11.3 Å². The summed E-state index contributed by atoms with van der Waals surface area (Å²) in [6.07, 6.45) is 6.75. The van der Waals surface area contributed by atoms with Crippen molar-refractivity contribution in [1.82, 2.24) is 0 Å². The molecule has 2 N–H and O–H groups in total. The van der Waals surface area contributed by atoms with E-state index in [1.807, 2.05) is 11.0 Å². The summed E-state index contributed by atoms with van der Waals surface area (Å²) >= 11 is 1.30. The van der Waals surface area contributed by atoms with Crippen molar-refractivity contribution in [1.29, 1.82) is 5.41 Å². The summed E-state index contributed by atoms with van der Waals surface area (Å²) < 4.78 is 0. The molecule has 0 spiro atoms. The predicted octanol–water partition coefficient (Wildman–Crippen LogP) is 5.87. The van der Waals surface area contributed by atoms with Gasteiger partial charge in [-0.2, -0.15) is 0 Å². The third-order valence-electron chi connectivity index (χ3n) is 6.43. The van der Waals surface area contributed by atoms with E-state index < -0.39 is 5.97 Å². The van der Waals surface area contributed by atoms with Gasteiger partial charge < -0.3 is 15.4 Å². The summed E-state index contributed by atoms with van der Waals surface area (Å²) in [6.45, 7) is 8.46. The Morgan fingerprint density at radius 2 is 1.69 bits per heavy atom. The van der Waals surface area contributed by atoms with E-state index >= 15 is 0 Å². The van der Waals surface area contributed by atoms with Crippen LogP contribution in [0.4, 0.5) is 5.69 Å². The van der Waals surface area contributed by atoms with E-state index in [9.17, 15) is 14.7 Å². The molecule has 3 rings (SSSR count). The lowest BCUT2D eigenvalue weighted by Crippen LogP contribution is -2.46. The van der Waals surface area contributed by atoms with Crippen molar-refractivity contribution < 1.29 is 14.7 Å². The van der Waals surface area contributed by atoms with Gasteiger partial charge in [-0.25, -0.2) is 4.79 Å². The monoisotopic (exact) mass is 418 g/mol. The van der Waals surface area contributed by atoms with E-state index in [0.717, 1.165) is 49.1 Å². The van der Waals surface area contributed by atoms with Crippen LogP contribution in [0.15, 0.2) is 6.07 Å². The number of hydrogen-bond acceptors (Lipinski definition) is 4. The summed E-state index contributed by atoms with van der Waals surface area (Å²) in [7, 11) is 0. The SMILES string of the molecule is CC1CCC(C(=O)N(c2cc(C(C)(C)C)sc2C(=O)O)C2CCC(=N)CC2)CC1. The molecule has 2 saturated carbocycles. The van der Waals surface area contributed by atoms with Crippen LogP contribution in [-0.2, 0) is 10.2 Å². The van der Waals surface area contributed by atoms with E-state index in [1.165, 1.54) is 11.3 Å². The Labute approximate surface area is 178 Å². The second kappa shape index (κ2) is 8.58. The first-order valence-electron chi connectivity index (χ1n) is 10.8. The van der Waals surface area contributed by atoms with Crippen molar-refractivity contribution >= 4 is 34.6 Å². The van der Waals surface area contributed by atoms with Crippen LogP contribution in [0.5, 0.6) is 0 Å². The number of carbonyl (C=O) groups is 2. The summed E-state index contributed by atoms with van der Waals surface area (Å²) in [6, 6.07) is 1.92. The number of anilines is 1. The number of amides is 1. The molecule has 1 aromatic heterocycles. The standard InChI is InChI=1S/C23H34N2O3S/c1-14-5-7-15(8-6-14)21(26)25(17-11-9-16(24)10-12-17)18-13-19(23(2,3)4)29-20(18)22(27)28/h13-15,17,24H,5-12H2,1-4H3,(H,27,28). The highest BCUT2D eigenvalue weighted by atomic mass is 32.1. The molecular formula is C23H34N2O3S.